The molecule has 2 aromatic rings. The number of benzene rings is 1. The van der Waals surface area contributed by atoms with E-state index in [1.54, 1.807) is 13.1 Å². The summed E-state index contributed by atoms with van der Waals surface area (Å²) in [5, 5.41) is 9.27. The largest absolute Gasteiger partial charge is 0.477 e. The molecule has 1 aliphatic rings. The van der Waals surface area contributed by atoms with E-state index in [9.17, 15) is 23.1 Å². The van der Waals surface area contributed by atoms with Crippen molar-refractivity contribution < 1.29 is 18.3 Å². The van der Waals surface area contributed by atoms with Gasteiger partial charge < -0.3 is 9.67 Å². The van der Waals surface area contributed by atoms with E-state index < -0.39 is 21.4 Å². The molecule has 1 saturated heterocycles. The zero-order valence-electron chi connectivity index (χ0n) is 13.9. The molecular formula is C17H20N2O5S. The van der Waals surface area contributed by atoms with Crippen LogP contribution in [0.5, 0.6) is 0 Å². The minimum atomic E-state index is -3.70. The van der Waals surface area contributed by atoms with E-state index in [1.165, 1.54) is 27.2 Å². The summed E-state index contributed by atoms with van der Waals surface area (Å²) in [6.45, 7) is 0.932. The summed E-state index contributed by atoms with van der Waals surface area (Å²) < 4.78 is 28.8. The summed E-state index contributed by atoms with van der Waals surface area (Å²) in [5.74, 6) is -1.33. The molecule has 25 heavy (non-hydrogen) atoms. The average molecular weight is 364 g/mol. The van der Waals surface area contributed by atoms with Gasteiger partial charge in [-0.1, -0.05) is 12.8 Å². The van der Waals surface area contributed by atoms with E-state index in [0.29, 0.717) is 18.6 Å². The first-order chi connectivity index (χ1) is 11.8. The van der Waals surface area contributed by atoms with Crippen molar-refractivity contribution in [3.8, 4) is 0 Å². The zero-order valence-corrected chi connectivity index (χ0v) is 14.8. The Labute approximate surface area is 145 Å². The van der Waals surface area contributed by atoms with Gasteiger partial charge in [0.2, 0.25) is 15.5 Å². The molecular weight excluding hydrogens is 344 g/mol. The molecule has 7 nitrogen and oxygen atoms in total. The molecule has 0 amide bonds. The molecule has 1 fully saturated rings. The van der Waals surface area contributed by atoms with Gasteiger partial charge in [-0.05, 0) is 31.0 Å². The maximum atomic E-state index is 12.9. The standard InChI is InChI=1S/C17H20N2O5S/c1-18-11-14(17(21)22)16(20)13-10-12(6-7-15(13)18)25(23,24)19-8-4-2-3-5-9-19/h6-7,10-11H,2-5,8-9H2,1H3,(H,21,22). The number of carboxylic acid groups (broad SMARTS) is 1. The number of rotatable bonds is 3. The van der Waals surface area contributed by atoms with Crippen molar-refractivity contribution in [2.45, 2.75) is 30.6 Å². The maximum Gasteiger partial charge on any atom is 0.341 e. The van der Waals surface area contributed by atoms with Crippen LogP contribution in [-0.4, -0.2) is 41.5 Å². The predicted molar refractivity (Wildman–Crippen MR) is 93.4 cm³/mol. The van der Waals surface area contributed by atoms with Crippen LogP contribution in [0.3, 0.4) is 0 Å². The van der Waals surface area contributed by atoms with Crippen molar-refractivity contribution in [1.82, 2.24) is 8.87 Å². The van der Waals surface area contributed by atoms with Crippen molar-refractivity contribution in [3.63, 3.8) is 0 Å². The summed E-state index contributed by atoms with van der Waals surface area (Å²) in [7, 11) is -2.08. The Morgan fingerprint density at radius 3 is 2.36 bits per heavy atom. The second-order valence-corrected chi connectivity index (χ2v) is 8.22. The molecule has 0 spiro atoms. The second kappa shape index (κ2) is 6.61. The summed E-state index contributed by atoms with van der Waals surface area (Å²) in [6.07, 6.45) is 4.89. The Morgan fingerprint density at radius 2 is 1.76 bits per heavy atom. The lowest BCUT2D eigenvalue weighted by atomic mass is 10.1. The van der Waals surface area contributed by atoms with Crippen LogP contribution in [0.1, 0.15) is 36.0 Å². The van der Waals surface area contributed by atoms with Crippen molar-refractivity contribution >= 4 is 26.9 Å². The first-order valence-electron chi connectivity index (χ1n) is 8.19. The minimum absolute atomic E-state index is 0.0292. The molecule has 1 aliphatic heterocycles. The van der Waals surface area contributed by atoms with Crippen molar-refractivity contribution in [2.24, 2.45) is 7.05 Å². The summed E-state index contributed by atoms with van der Waals surface area (Å²) in [6, 6.07) is 4.32. The highest BCUT2D eigenvalue weighted by Crippen LogP contribution is 2.23. The molecule has 134 valence electrons. The molecule has 1 aromatic carbocycles. The van der Waals surface area contributed by atoms with E-state index in [0.717, 1.165) is 25.7 Å². The number of pyridine rings is 1. The fourth-order valence-corrected chi connectivity index (χ4v) is 4.76. The highest BCUT2D eigenvalue weighted by molar-refractivity contribution is 7.89. The number of carboxylic acids is 1. The minimum Gasteiger partial charge on any atom is -0.477 e. The number of aromatic carboxylic acids is 1. The van der Waals surface area contributed by atoms with Gasteiger partial charge in [0.15, 0.2) is 0 Å². The van der Waals surface area contributed by atoms with Gasteiger partial charge in [-0.2, -0.15) is 4.31 Å². The molecule has 1 N–H and O–H groups in total. The molecule has 0 unspecified atom stereocenters. The number of carbonyl (C=O) groups is 1. The van der Waals surface area contributed by atoms with Crippen LogP contribution in [0, 0.1) is 0 Å². The molecule has 0 aliphatic carbocycles. The number of sulfonamides is 1. The van der Waals surface area contributed by atoms with Crippen LogP contribution in [0.2, 0.25) is 0 Å². The molecule has 0 atom stereocenters. The molecule has 0 bridgehead atoms. The third-order valence-electron chi connectivity index (χ3n) is 4.59. The van der Waals surface area contributed by atoms with E-state index >= 15 is 0 Å². The highest BCUT2D eigenvalue weighted by atomic mass is 32.2. The second-order valence-electron chi connectivity index (χ2n) is 6.29. The number of nitrogens with zero attached hydrogens (tertiary/aromatic N) is 2. The Balaban J connectivity index is 2.16. The number of aromatic nitrogens is 1. The van der Waals surface area contributed by atoms with E-state index in [2.05, 4.69) is 0 Å². The van der Waals surface area contributed by atoms with Crippen LogP contribution < -0.4 is 5.43 Å². The third-order valence-corrected chi connectivity index (χ3v) is 6.49. The van der Waals surface area contributed by atoms with Gasteiger partial charge in [0.25, 0.3) is 0 Å². The number of hydrogen-bond donors (Lipinski definition) is 1. The fraction of sp³-hybridized carbons (Fsp3) is 0.412. The number of hydrogen-bond acceptors (Lipinski definition) is 4. The lowest BCUT2D eigenvalue weighted by molar-refractivity contribution is 0.0695. The Morgan fingerprint density at radius 1 is 1.12 bits per heavy atom. The SMILES string of the molecule is Cn1cc(C(=O)O)c(=O)c2cc(S(=O)(=O)N3CCCCCC3)ccc21. The van der Waals surface area contributed by atoms with Gasteiger partial charge in [0.05, 0.1) is 10.4 Å². The van der Waals surface area contributed by atoms with Gasteiger partial charge in [-0.3, -0.25) is 4.79 Å². The van der Waals surface area contributed by atoms with E-state index in [1.807, 2.05) is 0 Å². The summed E-state index contributed by atoms with van der Waals surface area (Å²) in [4.78, 5) is 23.7. The molecule has 0 radical (unpaired) electrons. The number of aryl methyl sites for hydroxylation is 1. The quantitative estimate of drug-likeness (QED) is 0.896. The van der Waals surface area contributed by atoms with Crippen LogP contribution in [0.15, 0.2) is 34.1 Å². The molecule has 8 heteroatoms. The zero-order chi connectivity index (χ0) is 18.2. The molecule has 0 saturated carbocycles. The first kappa shape index (κ1) is 17.6. The molecule has 3 rings (SSSR count). The van der Waals surface area contributed by atoms with Crippen molar-refractivity contribution in [3.05, 3.63) is 40.2 Å². The average Bonchev–Trinajstić information content (AvgIpc) is 2.87. The Kier molecular flexibility index (Phi) is 4.66. The molecule has 2 heterocycles. The smallest absolute Gasteiger partial charge is 0.341 e. The first-order valence-corrected chi connectivity index (χ1v) is 9.63. The lowest BCUT2D eigenvalue weighted by Crippen LogP contribution is -2.32. The highest BCUT2D eigenvalue weighted by Gasteiger charge is 2.26. The summed E-state index contributed by atoms with van der Waals surface area (Å²) >= 11 is 0. The van der Waals surface area contributed by atoms with Crippen LogP contribution in [-0.2, 0) is 17.1 Å². The van der Waals surface area contributed by atoms with Crippen molar-refractivity contribution in [1.29, 1.82) is 0 Å². The number of fused-ring (bicyclic) bond motifs is 1. The maximum absolute atomic E-state index is 12.9. The lowest BCUT2D eigenvalue weighted by Gasteiger charge is -2.20. The topological polar surface area (TPSA) is 96.7 Å². The monoisotopic (exact) mass is 364 g/mol. The van der Waals surface area contributed by atoms with Gasteiger partial charge >= 0.3 is 5.97 Å². The van der Waals surface area contributed by atoms with Gasteiger partial charge in [0, 0.05) is 31.7 Å². The molecule has 1 aromatic heterocycles. The fourth-order valence-electron chi connectivity index (χ4n) is 3.22. The van der Waals surface area contributed by atoms with Crippen molar-refractivity contribution in [2.75, 3.05) is 13.1 Å². The third kappa shape index (κ3) is 3.19. The van der Waals surface area contributed by atoms with E-state index in [-0.39, 0.29) is 15.8 Å². The van der Waals surface area contributed by atoms with Crippen LogP contribution >= 0.6 is 0 Å². The van der Waals surface area contributed by atoms with Gasteiger partial charge in [0.1, 0.15) is 5.56 Å². The summed E-state index contributed by atoms with van der Waals surface area (Å²) in [5.41, 5.74) is -0.558. The predicted octanol–water partition coefficient (Wildman–Crippen LogP) is 1.80. The Bertz CT molecular complexity index is 986. The Hall–Kier alpha value is -2.19. The van der Waals surface area contributed by atoms with Crippen LogP contribution in [0.4, 0.5) is 0 Å². The van der Waals surface area contributed by atoms with Gasteiger partial charge in [-0.25, -0.2) is 13.2 Å². The van der Waals surface area contributed by atoms with Crippen LogP contribution in [0.25, 0.3) is 10.9 Å². The normalized spacial score (nSPS) is 16.7. The van der Waals surface area contributed by atoms with Gasteiger partial charge in [-0.15, -0.1) is 0 Å². The van der Waals surface area contributed by atoms with E-state index in [4.69, 9.17) is 0 Å².